The lowest BCUT2D eigenvalue weighted by Crippen LogP contribution is -2.17. The summed E-state index contributed by atoms with van der Waals surface area (Å²) in [7, 11) is -2.72. The fourth-order valence-corrected chi connectivity index (χ4v) is 4.33. The van der Waals surface area contributed by atoms with Crippen LogP contribution in [0.15, 0.2) is 52.9 Å². The van der Waals surface area contributed by atoms with Crippen LogP contribution >= 0.6 is 11.3 Å². The van der Waals surface area contributed by atoms with Crippen molar-refractivity contribution >= 4 is 27.0 Å². The van der Waals surface area contributed by atoms with Gasteiger partial charge in [0.25, 0.3) is 10.0 Å². The maximum Gasteiger partial charge on any atom is 0.418 e. The van der Waals surface area contributed by atoms with E-state index in [4.69, 9.17) is 0 Å². The van der Waals surface area contributed by atoms with Gasteiger partial charge in [-0.2, -0.15) is 18.3 Å². The largest absolute Gasteiger partial charge is 0.418 e. The molecule has 1 N–H and O–H groups in total. The minimum atomic E-state index is -4.68. The number of anilines is 1. The van der Waals surface area contributed by atoms with Crippen LogP contribution in [0.25, 0.3) is 10.6 Å². The molecule has 0 spiro atoms. The monoisotopic (exact) mass is 387 g/mol. The molecule has 0 aliphatic carbocycles. The third-order valence-corrected chi connectivity index (χ3v) is 5.56. The maximum atomic E-state index is 13.1. The molecule has 0 saturated heterocycles. The molecule has 0 amide bonds. The van der Waals surface area contributed by atoms with Crippen LogP contribution in [0, 0.1) is 0 Å². The second-order valence-corrected chi connectivity index (χ2v) is 7.74. The van der Waals surface area contributed by atoms with Gasteiger partial charge in [0.05, 0.1) is 16.1 Å². The molecule has 10 heteroatoms. The summed E-state index contributed by atoms with van der Waals surface area (Å²) in [4.78, 5) is 0.416. The second-order valence-electron chi connectivity index (χ2n) is 5.14. The third-order valence-electron chi connectivity index (χ3n) is 3.32. The number of sulfonamides is 1. The third kappa shape index (κ3) is 3.54. The van der Waals surface area contributed by atoms with Crippen LogP contribution in [0.5, 0.6) is 0 Å². The Balaban J connectivity index is 2.06. The molecule has 1 aromatic carbocycles. The molecule has 0 saturated carbocycles. The van der Waals surface area contributed by atoms with Gasteiger partial charge < -0.3 is 0 Å². The minimum absolute atomic E-state index is 0.186. The number of benzene rings is 1. The Bertz CT molecular complexity index is 993. The van der Waals surface area contributed by atoms with E-state index in [-0.39, 0.29) is 10.6 Å². The molecule has 2 heterocycles. The van der Waals surface area contributed by atoms with Gasteiger partial charge in [-0.3, -0.25) is 9.40 Å². The lowest BCUT2D eigenvalue weighted by molar-refractivity contribution is -0.136. The normalized spacial score (nSPS) is 12.3. The number of para-hydroxylation sites is 1. The van der Waals surface area contributed by atoms with E-state index in [2.05, 4.69) is 5.10 Å². The maximum absolute atomic E-state index is 13.1. The molecular weight excluding hydrogens is 375 g/mol. The van der Waals surface area contributed by atoms with Crippen molar-refractivity contribution in [1.82, 2.24) is 9.78 Å². The molecule has 0 fully saturated rings. The van der Waals surface area contributed by atoms with Crippen molar-refractivity contribution in [2.24, 2.45) is 7.05 Å². The smallest absolute Gasteiger partial charge is 0.279 e. The minimum Gasteiger partial charge on any atom is -0.279 e. The number of hydrogen-bond donors (Lipinski definition) is 1. The number of nitrogens with zero attached hydrogens (tertiary/aromatic N) is 2. The van der Waals surface area contributed by atoms with Crippen LogP contribution in [0.3, 0.4) is 0 Å². The highest BCUT2D eigenvalue weighted by Gasteiger charge is 2.35. The first kappa shape index (κ1) is 17.5. The summed E-state index contributed by atoms with van der Waals surface area (Å²) in [6.45, 7) is 0. The predicted molar refractivity (Wildman–Crippen MR) is 88.8 cm³/mol. The summed E-state index contributed by atoms with van der Waals surface area (Å²) in [6.07, 6.45) is -3.42. The fourth-order valence-electron chi connectivity index (χ4n) is 2.27. The van der Waals surface area contributed by atoms with Crippen molar-refractivity contribution in [1.29, 1.82) is 0 Å². The van der Waals surface area contributed by atoms with Gasteiger partial charge in [-0.25, -0.2) is 8.42 Å². The predicted octanol–water partition coefficient (Wildman–Crippen LogP) is 3.97. The average molecular weight is 387 g/mol. The Morgan fingerprint density at radius 2 is 1.88 bits per heavy atom. The van der Waals surface area contributed by atoms with Crippen molar-refractivity contribution in [3.63, 3.8) is 0 Å². The van der Waals surface area contributed by atoms with E-state index in [0.717, 1.165) is 12.1 Å². The number of aryl methyl sites for hydroxylation is 1. The number of thiophene rings is 1. The lowest BCUT2D eigenvalue weighted by atomic mass is 10.2. The van der Waals surface area contributed by atoms with Crippen LogP contribution < -0.4 is 4.72 Å². The van der Waals surface area contributed by atoms with Crippen LogP contribution in [-0.4, -0.2) is 18.2 Å². The first-order valence-electron chi connectivity index (χ1n) is 6.95. The number of aromatic nitrogens is 2. The topological polar surface area (TPSA) is 64.0 Å². The standard InChI is InChI=1S/C15H12F3N3O2S2/c1-21-9-13(14(19-21)12-7-4-8-24-12)25(22,23)20-11-6-3-2-5-10(11)15(16,17)18/h2-9,20H,1H3. The molecule has 2 aromatic heterocycles. The number of rotatable bonds is 4. The SMILES string of the molecule is Cn1cc(S(=O)(=O)Nc2ccccc2C(F)(F)F)c(-c2cccs2)n1. The lowest BCUT2D eigenvalue weighted by Gasteiger charge is -2.14. The fraction of sp³-hybridized carbons (Fsp3) is 0.133. The molecule has 0 aliphatic rings. The first-order chi connectivity index (χ1) is 11.7. The Kier molecular flexibility index (Phi) is 4.33. The molecule has 0 atom stereocenters. The van der Waals surface area contributed by atoms with E-state index in [1.807, 2.05) is 4.72 Å². The molecule has 0 bridgehead atoms. The van der Waals surface area contributed by atoms with E-state index < -0.39 is 27.5 Å². The zero-order valence-corrected chi connectivity index (χ0v) is 14.4. The van der Waals surface area contributed by atoms with Crippen LogP contribution in [0.1, 0.15) is 5.56 Å². The number of hydrogen-bond acceptors (Lipinski definition) is 4. The molecule has 3 aromatic rings. The van der Waals surface area contributed by atoms with Crippen molar-refractivity contribution in [2.45, 2.75) is 11.1 Å². The second kappa shape index (κ2) is 6.19. The van der Waals surface area contributed by atoms with E-state index in [1.165, 1.54) is 34.3 Å². The molecule has 132 valence electrons. The molecular formula is C15H12F3N3O2S2. The summed E-state index contributed by atoms with van der Waals surface area (Å²) in [5.74, 6) is 0. The molecule has 5 nitrogen and oxygen atoms in total. The first-order valence-corrected chi connectivity index (χ1v) is 9.31. The summed E-state index contributed by atoms with van der Waals surface area (Å²) in [5, 5.41) is 5.87. The van der Waals surface area contributed by atoms with Gasteiger partial charge in [0.2, 0.25) is 0 Å². The molecule has 3 rings (SSSR count). The molecule has 25 heavy (non-hydrogen) atoms. The highest BCUT2D eigenvalue weighted by atomic mass is 32.2. The van der Waals surface area contributed by atoms with Crippen LogP contribution in [0.2, 0.25) is 0 Å². The Labute approximate surface area is 145 Å². The van der Waals surface area contributed by atoms with Gasteiger partial charge in [0, 0.05) is 13.2 Å². The Hall–Kier alpha value is -2.33. The summed E-state index contributed by atoms with van der Waals surface area (Å²) in [6, 6.07) is 7.84. The highest BCUT2D eigenvalue weighted by molar-refractivity contribution is 7.92. The van der Waals surface area contributed by atoms with E-state index in [0.29, 0.717) is 4.88 Å². The Morgan fingerprint density at radius 3 is 2.52 bits per heavy atom. The van der Waals surface area contributed by atoms with E-state index in [9.17, 15) is 21.6 Å². The molecule has 0 unspecified atom stereocenters. The van der Waals surface area contributed by atoms with Gasteiger partial charge in [-0.15, -0.1) is 11.3 Å². The quantitative estimate of drug-likeness (QED) is 0.737. The number of alkyl halides is 3. The van der Waals surface area contributed by atoms with Crippen molar-refractivity contribution in [3.8, 4) is 10.6 Å². The van der Waals surface area contributed by atoms with Crippen molar-refractivity contribution < 1.29 is 21.6 Å². The number of halogens is 3. The van der Waals surface area contributed by atoms with Gasteiger partial charge in [-0.1, -0.05) is 18.2 Å². The average Bonchev–Trinajstić information content (AvgIpc) is 3.15. The van der Waals surface area contributed by atoms with Gasteiger partial charge >= 0.3 is 6.18 Å². The zero-order valence-electron chi connectivity index (χ0n) is 12.8. The van der Waals surface area contributed by atoms with Crippen molar-refractivity contribution in [2.75, 3.05) is 4.72 Å². The number of nitrogens with one attached hydrogen (secondary N) is 1. The van der Waals surface area contributed by atoms with Crippen molar-refractivity contribution in [3.05, 3.63) is 53.5 Å². The summed E-state index contributed by atoms with van der Waals surface area (Å²) < 4.78 is 67.9. The summed E-state index contributed by atoms with van der Waals surface area (Å²) in [5.41, 5.74) is -1.40. The van der Waals surface area contributed by atoms with E-state index in [1.54, 1.807) is 24.6 Å². The Morgan fingerprint density at radius 1 is 1.16 bits per heavy atom. The zero-order chi connectivity index (χ0) is 18.2. The van der Waals surface area contributed by atoms with Crippen LogP contribution in [-0.2, 0) is 23.2 Å². The highest BCUT2D eigenvalue weighted by Crippen LogP contribution is 2.36. The molecule has 0 aliphatic heterocycles. The summed E-state index contributed by atoms with van der Waals surface area (Å²) >= 11 is 1.29. The van der Waals surface area contributed by atoms with Gasteiger partial charge in [0.1, 0.15) is 10.6 Å². The van der Waals surface area contributed by atoms with Gasteiger partial charge in [-0.05, 0) is 23.6 Å². The van der Waals surface area contributed by atoms with Crippen LogP contribution in [0.4, 0.5) is 18.9 Å². The van der Waals surface area contributed by atoms with E-state index >= 15 is 0 Å². The molecule has 0 radical (unpaired) electrons. The van der Waals surface area contributed by atoms with Gasteiger partial charge in [0.15, 0.2) is 0 Å².